The van der Waals surface area contributed by atoms with E-state index < -0.39 is 0 Å². The summed E-state index contributed by atoms with van der Waals surface area (Å²) in [6.45, 7) is 3.55. The van der Waals surface area contributed by atoms with Crippen LogP contribution in [0.3, 0.4) is 0 Å². The van der Waals surface area contributed by atoms with Gasteiger partial charge in [-0.3, -0.25) is 4.79 Å². The summed E-state index contributed by atoms with van der Waals surface area (Å²) in [4.78, 5) is 11.7. The molecule has 1 atom stereocenters. The lowest BCUT2D eigenvalue weighted by Crippen LogP contribution is -2.33. The Labute approximate surface area is 115 Å². The number of amides is 1. The molecule has 0 aromatic heterocycles. The molecule has 1 aromatic carbocycles. The zero-order valence-corrected chi connectivity index (χ0v) is 11.6. The van der Waals surface area contributed by atoms with Gasteiger partial charge in [0.15, 0.2) is 6.61 Å². The van der Waals surface area contributed by atoms with Crippen molar-refractivity contribution in [3.8, 4) is 5.75 Å². The van der Waals surface area contributed by atoms with Gasteiger partial charge in [-0.25, -0.2) is 0 Å². The lowest BCUT2D eigenvalue weighted by Gasteiger charge is -2.16. The molecular formula is C15H24N2O2. The summed E-state index contributed by atoms with van der Waals surface area (Å²) >= 11 is 0. The van der Waals surface area contributed by atoms with Gasteiger partial charge in [0.05, 0.1) is 0 Å². The quantitative estimate of drug-likeness (QED) is 0.716. The van der Waals surface area contributed by atoms with Gasteiger partial charge in [-0.05, 0) is 37.4 Å². The SMILES string of the molecule is CCCC(CCN)CNC(=O)COc1ccccc1. The fourth-order valence-corrected chi connectivity index (χ4v) is 1.97. The summed E-state index contributed by atoms with van der Waals surface area (Å²) in [6, 6.07) is 9.34. The van der Waals surface area contributed by atoms with E-state index in [2.05, 4.69) is 12.2 Å². The second kappa shape index (κ2) is 9.39. The summed E-state index contributed by atoms with van der Waals surface area (Å²) in [6.07, 6.45) is 3.16. The van der Waals surface area contributed by atoms with Crippen LogP contribution in [0.1, 0.15) is 26.2 Å². The minimum Gasteiger partial charge on any atom is -0.484 e. The molecule has 1 rings (SSSR count). The van der Waals surface area contributed by atoms with Crippen molar-refractivity contribution in [2.45, 2.75) is 26.2 Å². The van der Waals surface area contributed by atoms with Gasteiger partial charge in [-0.1, -0.05) is 31.5 Å². The summed E-state index contributed by atoms with van der Waals surface area (Å²) < 4.78 is 5.38. The number of para-hydroxylation sites is 1. The molecule has 0 radical (unpaired) electrons. The van der Waals surface area contributed by atoms with E-state index >= 15 is 0 Å². The Kier molecular flexibility index (Phi) is 7.66. The Morgan fingerprint density at radius 1 is 1.32 bits per heavy atom. The van der Waals surface area contributed by atoms with Gasteiger partial charge in [-0.15, -0.1) is 0 Å². The smallest absolute Gasteiger partial charge is 0.257 e. The summed E-state index contributed by atoms with van der Waals surface area (Å²) in [5.41, 5.74) is 5.56. The molecule has 106 valence electrons. The fourth-order valence-electron chi connectivity index (χ4n) is 1.97. The highest BCUT2D eigenvalue weighted by Gasteiger charge is 2.09. The highest BCUT2D eigenvalue weighted by molar-refractivity contribution is 5.77. The predicted octanol–water partition coefficient (Wildman–Crippen LogP) is 1.95. The average Bonchev–Trinajstić information content (AvgIpc) is 2.44. The van der Waals surface area contributed by atoms with Crippen LogP contribution >= 0.6 is 0 Å². The van der Waals surface area contributed by atoms with Gasteiger partial charge in [0.1, 0.15) is 5.75 Å². The van der Waals surface area contributed by atoms with Crippen LogP contribution in [-0.4, -0.2) is 25.6 Å². The van der Waals surface area contributed by atoms with Gasteiger partial charge in [0.25, 0.3) is 5.91 Å². The molecular weight excluding hydrogens is 240 g/mol. The number of rotatable bonds is 9. The zero-order valence-electron chi connectivity index (χ0n) is 11.6. The second-order valence-corrected chi connectivity index (χ2v) is 4.64. The largest absolute Gasteiger partial charge is 0.484 e. The first-order valence-electron chi connectivity index (χ1n) is 6.90. The molecule has 0 bridgehead atoms. The molecule has 19 heavy (non-hydrogen) atoms. The van der Waals surface area contributed by atoms with Crippen molar-refractivity contribution < 1.29 is 9.53 Å². The number of nitrogens with two attached hydrogens (primary N) is 1. The van der Waals surface area contributed by atoms with Crippen LogP contribution in [0.25, 0.3) is 0 Å². The van der Waals surface area contributed by atoms with Crippen LogP contribution in [0.15, 0.2) is 30.3 Å². The van der Waals surface area contributed by atoms with Crippen LogP contribution in [0.4, 0.5) is 0 Å². The highest BCUT2D eigenvalue weighted by atomic mass is 16.5. The van der Waals surface area contributed by atoms with E-state index in [0.29, 0.717) is 24.8 Å². The Bertz CT molecular complexity index is 348. The maximum atomic E-state index is 11.7. The molecule has 4 nitrogen and oxygen atoms in total. The van der Waals surface area contributed by atoms with Crippen LogP contribution < -0.4 is 15.8 Å². The third-order valence-electron chi connectivity index (χ3n) is 2.97. The number of hydrogen-bond acceptors (Lipinski definition) is 3. The normalized spacial score (nSPS) is 11.9. The summed E-state index contributed by atoms with van der Waals surface area (Å²) in [5, 5.41) is 2.90. The molecule has 3 N–H and O–H groups in total. The van der Waals surface area contributed by atoms with E-state index in [-0.39, 0.29) is 12.5 Å². The van der Waals surface area contributed by atoms with Crippen LogP contribution in [-0.2, 0) is 4.79 Å². The molecule has 0 aliphatic carbocycles. The van der Waals surface area contributed by atoms with Crippen LogP contribution in [0.2, 0.25) is 0 Å². The maximum absolute atomic E-state index is 11.7. The number of nitrogens with one attached hydrogen (secondary N) is 1. The van der Waals surface area contributed by atoms with Gasteiger partial charge >= 0.3 is 0 Å². The molecule has 0 heterocycles. The first kappa shape index (κ1) is 15.5. The summed E-state index contributed by atoms with van der Waals surface area (Å²) in [7, 11) is 0. The molecule has 1 aromatic rings. The zero-order chi connectivity index (χ0) is 13.9. The lowest BCUT2D eigenvalue weighted by atomic mass is 10.00. The van der Waals surface area contributed by atoms with Gasteiger partial charge in [0.2, 0.25) is 0 Å². The van der Waals surface area contributed by atoms with E-state index in [1.165, 1.54) is 0 Å². The standard InChI is InChI=1S/C15H24N2O2/c1-2-6-13(9-10-16)11-17-15(18)12-19-14-7-4-3-5-8-14/h3-5,7-8,13H,2,6,9-12,16H2,1H3,(H,17,18). The summed E-state index contributed by atoms with van der Waals surface area (Å²) in [5.74, 6) is 1.10. The van der Waals surface area contributed by atoms with Crippen molar-refractivity contribution in [3.05, 3.63) is 30.3 Å². The van der Waals surface area contributed by atoms with E-state index in [1.54, 1.807) is 0 Å². The van der Waals surface area contributed by atoms with Crippen molar-refractivity contribution in [1.82, 2.24) is 5.32 Å². The van der Waals surface area contributed by atoms with Crippen molar-refractivity contribution in [3.63, 3.8) is 0 Å². The fraction of sp³-hybridized carbons (Fsp3) is 0.533. The number of hydrogen-bond donors (Lipinski definition) is 2. The first-order chi connectivity index (χ1) is 9.26. The minimum absolute atomic E-state index is 0.0610. The number of ether oxygens (including phenoxy) is 1. The molecule has 0 aliphatic heterocycles. The third kappa shape index (κ3) is 6.82. The first-order valence-corrected chi connectivity index (χ1v) is 6.90. The van der Waals surface area contributed by atoms with E-state index in [0.717, 1.165) is 19.3 Å². The van der Waals surface area contributed by atoms with Gasteiger partial charge < -0.3 is 15.8 Å². The van der Waals surface area contributed by atoms with Crippen LogP contribution in [0.5, 0.6) is 5.75 Å². The van der Waals surface area contributed by atoms with Crippen molar-refractivity contribution in [2.24, 2.45) is 11.7 Å². The molecule has 0 aliphatic rings. The average molecular weight is 264 g/mol. The Morgan fingerprint density at radius 3 is 2.68 bits per heavy atom. The van der Waals surface area contributed by atoms with E-state index in [1.807, 2.05) is 30.3 Å². The molecule has 4 heteroatoms. The molecule has 0 saturated carbocycles. The van der Waals surface area contributed by atoms with Gasteiger partial charge in [0, 0.05) is 6.54 Å². The Balaban J connectivity index is 2.23. The van der Waals surface area contributed by atoms with E-state index in [4.69, 9.17) is 10.5 Å². The molecule has 0 saturated heterocycles. The van der Waals surface area contributed by atoms with Gasteiger partial charge in [-0.2, -0.15) is 0 Å². The maximum Gasteiger partial charge on any atom is 0.257 e. The topological polar surface area (TPSA) is 64.3 Å². The molecule has 1 amide bonds. The minimum atomic E-state index is -0.0815. The molecule has 1 unspecified atom stereocenters. The molecule has 0 spiro atoms. The number of benzene rings is 1. The number of carbonyl (C=O) groups is 1. The molecule has 0 fully saturated rings. The van der Waals surface area contributed by atoms with Crippen molar-refractivity contribution in [1.29, 1.82) is 0 Å². The van der Waals surface area contributed by atoms with Crippen molar-refractivity contribution in [2.75, 3.05) is 19.7 Å². The van der Waals surface area contributed by atoms with Crippen molar-refractivity contribution >= 4 is 5.91 Å². The lowest BCUT2D eigenvalue weighted by molar-refractivity contribution is -0.123. The predicted molar refractivity (Wildman–Crippen MR) is 77.0 cm³/mol. The Morgan fingerprint density at radius 2 is 2.05 bits per heavy atom. The second-order valence-electron chi connectivity index (χ2n) is 4.64. The highest BCUT2D eigenvalue weighted by Crippen LogP contribution is 2.09. The van der Waals surface area contributed by atoms with Crippen LogP contribution in [0, 0.1) is 5.92 Å². The number of carbonyl (C=O) groups excluding carboxylic acids is 1. The van der Waals surface area contributed by atoms with E-state index in [9.17, 15) is 4.79 Å². The Hall–Kier alpha value is -1.55. The monoisotopic (exact) mass is 264 g/mol. The third-order valence-corrected chi connectivity index (χ3v) is 2.97.